The molecular weight excluding hydrogens is 328 g/mol. The van der Waals surface area contributed by atoms with Crippen molar-refractivity contribution < 1.29 is 4.79 Å². The van der Waals surface area contributed by atoms with Crippen molar-refractivity contribution in [3.63, 3.8) is 0 Å². The fourth-order valence-electron chi connectivity index (χ4n) is 3.49. The van der Waals surface area contributed by atoms with E-state index in [1.807, 2.05) is 53.0 Å². The minimum absolute atomic E-state index is 0.165. The molecule has 136 valence electrons. The highest BCUT2D eigenvalue weighted by molar-refractivity contribution is 5.80. The van der Waals surface area contributed by atoms with E-state index in [4.69, 9.17) is 0 Å². The van der Waals surface area contributed by atoms with Crippen molar-refractivity contribution in [2.24, 2.45) is 0 Å². The summed E-state index contributed by atoms with van der Waals surface area (Å²) < 4.78 is 4.10. The van der Waals surface area contributed by atoms with Gasteiger partial charge in [0.2, 0.25) is 5.91 Å². The zero-order valence-electron chi connectivity index (χ0n) is 15.1. The molecular formula is C19H24N6O. The third-order valence-corrected chi connectivity index (χ3v) is 5.14. The highest BCUT2D eigenvalue weighted by Crippen LogP contribution is 2.12. The van der Waals surface area contributed by atoms with Gasteiger partial charge in [-0.15, -0.1) is 0 Å². The first-order chi connectivity index (χ1) is 12.7. The van der Waals surface area contributed by atoms with Gasteiger partial charge in [0, 0.05) is 51.7 Å². The number of piperazine rings is 1. The van der Waals surface area contributed by atoms with Crippen LogP contribution in [0.3, 0.4) is 0 Å². The van der Waals surface area contributed by atoms with Gasteiger partial charge in [-0.25, -0.2) is 9.97 Å². The van der Waals surface area contributed by atoms with Gasteiger partial charge in [0.15, 0.2) is 0 Å². The monoisotopic (exact) mass is 352 g/mol. The van der Waals surface area contributed by atoms with Gasteiger partial charge in [0.25, 0.3) is 0 Å². The lowest BCUT2D eigenvalue weighted by atomic mass is 10.3. The van der Waals surface area contributed by atoms with Crippen molar-refractivity contribution in [1.29, 1.82) is 0 Å². The van der Waals surface area contributed by atoms with E-state index in [1.54, 1.807) is 6.33 Å². The summed E-state index contributed by atoms with van der Waals surface area (Å²) in [6.07, 6.45) is 5.61. The number of hydrogen-bond acceptors (Lipinski definition) is 4. The molecule has 0 spiro atoms. The molecule has 0 bridgehead atoms. The van der Waals surface area contributed by atoms with Crippen molar-refractivity contribution in [2.75, 3.05) is 32.7 Å². The van der Waals surface area contributed by atoms with Crippen LogP contribution in [0, 0.1) is 6.92 Å². The maximum absolute atomic E-state index is 12.7. The number of benzene rings is 1. The van der Waals surface area contributed by atoms with E-state index in [0.717, 1.165) is 56.1 Å². The lowest BCUT2D eigenvalue weighted by molar-refractivity contribution is -0.133. The Kier molecular flexibility index (Phi) is 4.71. The number of carbonyl (C=O) groups is 1. The maximum atomic E-state index is 12.7. The quantitative estimate of drug-likeness (QED) is 0.696. The van der Waals surface area contributed by atoms with Crippen LogP contribution in [0.5, 0.6) is 0 Å². The molecule has 2 aromatic heterocycles. The predicted octanol–water partition coefficient (Wildman–Crippen LogP) is 1.39. The third-order valence-electron chi connectivity index (χ3n) is 5.14. The smallest absolute Gasteiger partial charge is 0.242 e. The van der Waals surface area contributed by atoms with Crippen molar-refractivity contribution in [1.82, 2.24) is 28.9 Å². The number of amides is 1. The normalized spacial score (nSPS) is 15.7. The SMILES string of the molecule is Cc1nccn1CCN1CCN(C(=O)Cn2cnc3ccccc32)CC1. The standard InChI is InChI=1S/C19H24N6O/c1-16-20-6-7-23(16)11-8-22-9-12-24(13-10-22)19(26)14-25-15-21-17-4-2-3-5-18(17)25/h2-7,15H,8-14H2,1H3. The molecule has 1 amide bonds. The van der Waals surface area contributed by atoms with Crippen LogP contribution >= 0.6 is 0 Å². The largest absolute Gasteiger partial charge is 0.339 e. The Morgan fingerprint density at radius 1 is 1.04 bits per heavy atom. The number of fused-ring (bicyclic) bond motifs is 1. The van der Waals surface area contributed by atoms with E-state index in [9.17, 15) is 4.79 Å². The van der Waals surface area contributed by atoms with E-state index >= 15 is 0 Å². The van der Waals surface area contributed by atoms with Gasteiger partial charge in [-0.2, -0.15) is 0 Å². The van der Waals surface area contributed by atoms with E-state index in [2.05, 4.69) is 19.4 Å². The van der Waals surface area contributed by atoms with Gasteiger partial charge in [-0.05, 0) is 19.1 Å². The van der Waals surface area contributed by atoms with Gasteiger partial charge < -0.3 is 14.0 Å². The molecule has 3 heterocycles. The number of hydrogen-bond donors (Lipinski definition) is 0. The Morgan fingerprint density at radius 3 is 2.62 bits per heavy atom. The van der Waals surface area contributed by atoms with E-state index in [-0.39, 0.29) is 5.91 Å². The summed E-state index contributed by atoms with van der Waals surface area (Å²) in [5.41, 5.74) is 1.94. The molecule has 3 aromatic rings. The summed E-state index contributed by atoms with van der Waals surface area (Å²) in [4.78, 5) is 25.6. The molecule has 1 aliphatic heterocycles. The Hall–Kier alpha value is -2.67. The Labute approximate surface area is 152 Å². The van der Waals surface area contributed by atoms with Gasteiger partial charge in [0.05, 0.1) is 17.4 Å². The van der Waals surface area contributed by atoms with Gasteiger partial charge in [0.1, 0.15) is 12.4 Å². The molecule has 7 heteroatoms. The number of carbonyl (C=O) groups excluding carboxylic acids is 1. The maximum Gasteiger partial charge on any atom is 0.242 e. The second-order valence-corrected chi connectivity index (χ2v) is 6.75. The van der Waals surface area contributed by atoms with Crippen LogP contribution in [0.1, 0.15) is 5.82 Å². The molecule has 1 aliphatic rings. The zero-order valence-corrected chi connectivity index (χ0v) is 15.1. The number of para-hydroxylation sites is 2. The van der Waals surface area contributed by atoms with Crippen molar-refractivity contribution in [3.8, 4) is 0 Å². The topological polar surface area (TPSA) is 59.2 Å². The first kappa shape index (κ1) is 16.8. The van der Waals surface area contributed by atoms with E-state index in [0.29, 0.717) is 6.54 Å². The highest BCUT2D eigenvalue weighted by atomic mass is 16.2. The molecule has 4 rings (SSSR count). The van der Waals surface area contributed by atoms with Crippen LogP contribution in [0.25, 0.3) is 11.0 Å². The van der Waals surface area contributed by atoms with Gasteiger partial charge in [-0.3, -0.25) is 9.69 Å². The third kappa shape index (κ3) is 3.48. The number of nitrogens with zero attached hydrogens (tertiary/aromatic N) is 6. The number of aryl methyl sites for hydroxylation is 1. The first-order valence-electron chi connectivity index (χ1n) is 9.08. The summed E-state index contributed by atoms with van der Waals surface area (Å²) >= 11 is 0. The minimum atomic E-state index is 0.165. The molecule has 0 radical (unpaired) electrons. The summed E-state index contributed by atoms with van der Waals surface area (Å²) in [5, 5.41) is 0. The van der Waals surface area contributed by atoms with Crippen LogP contribution in [0.15, 0.2) is 43.0 Å². The van der Waals surface area contributed by atoms with Gasteiger partial charge >= 0.3 is 0 Å². The molecule has 1 saturated heterocycles. The molecule has 0 saturated carbocycles. The second-order valence-electron chi connectivity index (χ2n) is 6.75. The summed E-state index contributed by atoms with van der Waals surface area (Å²) in [6.45, 7) is 7.73. The average Bonchev–Trinajstić information content (AvgIpc) is 3.27. The van der Waals surface area contributed by atoms with Crippen LogP contribution in [0.4, 0.5) is 0 Å². The molecule has 0 unspecified atom stereocenters. The van der Waals surface area contributed by atoms with Crippen LogP contribution in [-0.2, 0) is 17.9 Å². The average molecular weight is 352 g/mol. The molecule has 0 N–H and O–H groups in total. The molecule has 7 nitrogen and oxygen atoms in total. The van der Waals surface area contributed by atoms with Crippen molar-refractivity contribution >= 4 is 16.9 Å². The summed E-state index contributed by atoms with van der Waals surface area (Å²) in [6, 6.07) is 7.92. The molecule has 0 atom stereocenters. The fourth-order valence-corrected chi connectivity index (χ4v) is 3.49. The van der Waals surface area contributed by atoms with Crippen LogP contribution in [-0.4, -0.2) is 67.5 Å². The number of imidazole rings is 2. The number of aromatic nitrogens is 4. The summed E-state index contributed by atoms with van der Waals surface area (Å²) in [5.74, 6) is 1.21. The Morgan fingerprint density at radius 2 is 1.85 bits per heavy atom. The van der Waals surface area contributed by atoms with Crippen LogP contribution in [0.2, 0.25) is 0 Å². The lowest BCUT2D eigenvalue weighted by Gasteiger charge is -2.35. The molecule has 1 aromatic carbocycles. The highest BCUT2D eigenvalue weighted by Gasteiger charge is 2.21. The van der Waals surface area contributed by atoms with Gasteiger partial charge in [-0.1, -0.05) is 12.1 Å². The molecule has 26 heavy (non-hydrogen) atoms. The Bertz CT molecular complexity index is 890. The van der Waals surface area contributed by atoms with Crippen LogP contribution < -0.4 is 0 Å². The Balaban J connectivity index is 1.29. The van der Waals surface area contributed by atoms with Crippen molar-refractivity contribution in [2.45, 2.75) is 20.0 Å². The molecule has 0 aliphatic carbocycles. The first-order valence-corrected chi connectivity index (χ1v) is 9.08. The van der Waals surface area contributed by atoms with E-state index < -0.39 is 0 Å². The lowest BCUT2D eigenvalue weighted by Crippen LogP contribution is -2.50. The summed E-state index contributed by atoms with van der Waals surface area (Å²) in [7, 11) is 0. The molecule has 1 fully saturated rings. The fraction of sp³-hybridized carbons (Fsp3) is 0.421. The zero-order chi connectivity index (χ0) is 17.9. The number of rotatable bonds is 5. The predicted molar refractivity (Wildman–Crippen MR) is 99.7 cm³/mol. The second kappa shape index (κ2) is 7.29. The minimum Gasteiger partial charge on any atom is -0.339 e. The van der Waals surface area contributed by atoms with Crippen molar-refractivity contribution in [3.05, 3.63) is 48.8 Å². The van der Waals surface area contributed by atoms with E-state index in [1.165, 1.54) is 0 Å².